The van der Waals surface area contributed by atoms with Crippen molar-refractivity contribution in [2.45, 2.75) is 23.4 Å². The molecule has 0 fully saturated rings. The minimum absolute atomic E-state index is 0.383. The van der Waals surface area contributed by atoms with Gasteiger partial charge in [0.15, 0.2) is 4.34 Å². The Balaban J connectivity index is 2.11. The zero-order valence-corrected chi connectivity index (χ0v) is 10.9. The van der Waals surface area contributed by atoms with Crippen molar-refractivity contribution in [2.75, 3.05) is 5.73 Å². The molecular weight excluding hydrogens is 236 g/mol. The molecule has 0 bridgehead atoms. The van der Waals surface area contributed by atoms with Gasteiger partial charge in [-0.15, -0.1) is 11.3 Å². The largest absolute Gasteiger partial charge is 0.399 e. The lowest BCUT2D eigenvalue weighted by Crippen LogP contribution is -1.91. The summed E-state index contributed by atoms with van der Waals surface area (Å²) in [4.78, 5) is 4.45. The van der Waals surface area contributed by atoms with Crippen LogP contribution in [0.4, 0.5) is 5.69 Å². The van der Waals surface area contributed by atoms with Gasteiger partial charge in [-0.3, -0.25) is 0 Å². The molecule has 1 heterocycles. The molecule has 0 aliphatic carbocycles. The van der Waals surface area contributed by atoms with Crippen molar-refractivity contribution < 1.29 is 0 Å². The Morgan fingerprint density at radius 3 is 2.88 bits per heavy atom. The first-order chi connectivity index (χ1) is 7.65. The predicted molar refractivity (Wildman–Crippen MR) is 72.0 cm³/mol. The molecular formula is C12H14N2S2. The molecule has 2 rings (SSSR count). The maximum Gasteiger partial charge on any atom is 0.150 e. The molecule has 1 aromatic carbocycles. The van der Waals surface area contributed by atoms with Crippen LogP contribution in [0.2, 0.25) is 0 Å². The second-order valence-corrected chi connectivity index (χ2v) is 6.13. The van der Waals surface area contributed by atoms with Crippen LogP contribution in [0.25, 0.3) is 0 Å². The molecule has 84 valence electrons. The van der Waals surface area contributed by atoms with Gasteiger partial charge in [0.2, 0.25) is 0 Å². The van der Waals surface area contributed by atoms with Crippen molar-refractivity contribution in [2.24, 2.45) is 0 Å². The number of nitrogens with zero attached hydrogens (tertiary/aromatic N) is 1. The highest BCUT2D eigenvalue weighted by Gasteiger charge is 2.09. The maximum atomic E-state index is 5.77. The molecule has 0 saturated heterocycles. The van der Waals surface area contributed by atoms with Crippen molar-refractivity contribution in [3.8, 4) is 0 Å². The molecule has 1 atom stereocenters. The number of anilines is 1. The fraction of sp³-hybridized carbons (Fsp3) is 0.250. The molecule has 0 amide bonds. The highest BCUT2D eigenvalue weighted by molar-refractivity contribution is 8.01. The fourth-order valence-corrected chi connectivity index (χ4v) is 3.52. The summed E-state index contributed by atoms with van der Waals surface area (Å²) < 4.78 is 1.12. The van der Waals surface area contributed by atoms with Crippen LogP contribution < -0.4 is 5.73 Å². The first-order valence-corrected chi connectivity index (χ1v) is 6.85. The lowest BCUT2D eigenvalue weighted by Gasteiger charge is -2.09. The van der Waals surface area contributed by atoms with E-state index in [1.165, 1.54) is 5.56 Å². The zero-order chi connectivity index (χ0) is 11.5. The number of benzene rings is 1. The number of thioether (sulfide) groups is 1. The summed E-state index contributed by atoms with van der Waals surface area (Å²) in [6.45, 7) is 4.20. The number of nitrogens with two attached hydrogens (primary N) is 1. The summed E-state index contributed by atoms with van der Waals surface area (Å²) in [5, 5.41) is 2.46. The normalized spacial score (nSPS) is 12.6. The van der Waals surface area contributed by atoms with E-state index in [9.17, 15) is 0 Å². The van der Waals surface area contributed by atoms with E-state index >= 15 is 0 Å². The van der Waals surface area contributed by atoms with E-state index in [1.807, 2.05) is 25.1 Å². The van der Waals surface area contributed by atoms with Crippen molar-refractivity contribution in [1.82, 2.24) is 4.98 Å². The summed E-state index contributed by atoms with van der Waals surface area (Å²) >= 11 is 3.48. The number of thiazole rings is 1. The molecule has 4 heteroatoms. The molecule has 16 heavy (non-hydrogen) atoms. The molecule has 2 N–H and O–H groups in total. The Morgan fingerprint density at radius 1 is 1.44 bits per heavy atom. The second kappa shape index (κ2) is 4.89. The van der Waals surface area contributed by atoms with E-state index in [1.54, 1.807) is 23.1 Å². The Hall–Kier alpha value is -1.00. The average molecular weight is 250 g/mol. The lowest BCUT2D eigenvalue weighted by atomic mass is 10.1. The molecule has 0 saturated carbocycles. The van der Waals surface area contributed by atoms with Crippen LogP contribution in [0.1, 0.15) is 23.4 Å². The predicted octanol–water partition coefficient (Wildman–Crippen LogP) is 3.89. The van der Waals surface area contributed by atoms with E-state index in [2.05, 4.69) is 23.4 Å². The third-order valence-corrected chi connectivity index (χ3v) is 4.50. The molecule has 0 spiro atoms. The maximum absolute atomic E-state index is 5.77. The van der Waals surface area contributed by atoms with Crippen LogP contribution >= 0.6 is 23.1 Å². The van der Waals surface area contributed by atoms with Gasteiger partial charge in [-0.2, -0.15) is 0 Å². The summed E-state index contributed by atoms with van der Waals surface area (Å²) in [7, 11) is 0. The second-order valence-electron chi connectivity index (χ2n) is 3.68. The van der Waals surface area contributed by atoms with Crippen molar-refractivity contribution in [3.05, 3.63) is 40.9 Å². The number of aromatic nitrogens is 1. The minimum atomic E-state index is 0.383. The van der Waals surface area contributed by atoms with Gasteiger partial charge in [-0.05, 0) is 31.5 Å². The molecule has 1 unspecified atom stereocenters. The van der Waals surface area contributed by atoms with E-state index in [4.69, 9.17) is 5.73 Å². The van der Waals surface area contributed by atoms with E-state index in [0.29, 0.717) is 5.25 Å². The summed E-state index contributed by atoms with van der Waals surface area (Å²) in [5.41, 5.74) is 8.93. The number of nitrogen functional groups attached to an aromatic ring is 1. The third kappa shape index (κ3) is 2.77. The third-order valence-electron chi connectivity index (χ3n) is 2.26. The van der Waals surface area contributed by atoms with E-state index < -0.39 is 0 Å². The van der Waals surface area contributed by atoms with Crippen molar-refractivity contribution in [3.63, 3.8) is 0 Å². The van der Waals surface area contributed by atoms with Crippen LogP contribution in [0.5, 0.6) is 0 Å². The Kier molecular flexibility index (Phi) is 3.51. The van der Waals surface area contributed by atoms with Gasteiger partial charge < -0.3 is 5.73 Å². The van der Waals surface area contributed by atoms with Gasteiger partial charge in [-0.25, -0.2) is 4.98 Å². The van der Waals surface area contributed by atoms with Gasteiger partial charge in [0.25, 0.3) is 0 Å². The summed E-state index contributed by atoms with van der Waals surface area (Å²) in [6, 6.07) is 8.04. The first-order valence-electron chi connectivity index (χ1n) is 5.09. The van der Waals surface area contributed by atoms with Crippen molar-refractivity contribution in [1.29, 1.82) is 0 Å². The van der Waals surface area contributed by atoms with Gasteiger partial charge in [0.1, 0.15) is 0 Å². The summed E-state index contributed by atoms with van der Waals surface area (Å²) in [5.74, 6) is 0. The van der Waals surface area contributed by atoms with Gasteiger partial charge >= 0.3 is 0 Å². The Labute approximate surface area is 104 Å². The SMILES string of the molecule is Cc1csc(SC(C)c2cccc(N)c2)n1. The minimum Gasteiger partial charge on any atom is -0.399 e. The topological polar surface area (TPSA) is 38.9 Å². The zero-order valence-electron chi connectivity index (χ0n) is 9.31. The quantitative estimate of drug-likeness (QED) is 0.663. The smallest absolute Gasteiger partial charge is 0.150 e. The first kappa shape index (κ1) is 11.5. The standard InChI is InChI=1S/C12H14N2S2/c1-8-7-15-12(14-8)16-9(2)10-4-3-5-11(13)6-10/h3-7,9H,13H2,1-2H3. The number of hydrogen-bond donors (Lipinski definition) is 1. The highest BCUT2D eigenvalue weighted by Crippen LogP contribution is 2.36. The summed E-state index contributed by atoms with van der Waals surface area (Å²) in [6.07, 6.45) is 0. The molecule has 0 aliphatic heterocycles. The Morgan fingerprint density at radius 2 is 2.25 bits per heavy atom. The average Bonchev–Trinajstić information content (AvgIpc) is 2.64. The number of hydrogen-bond acceptors (Lipinski definition) is 4. The van der Waals surface area contributed by atoms with Crippen LogP contribution in [-0.4, -0.2) is 4.98 Å². The van der Waals surface area contributed by atoms with Crippen LogP contribution in [0.15, 0.2) is 34.0 Å². The highest BCUT2D eigenvalue weighted by atomic mass is 32.2. The molecule has 0 radical (unpaired) electrons. The Bertz CT molecular complexity index is 479. The van der Waals surface area contributed by atoms with Crippen LogP contribution in [0.3, 0.4) is 0 Å². The van der Waals surface area contributed by atoms with E-state index in [0.717, 1.165) is 15.7 Å². The van der Waals surface area contributed by atoms with Gasteiger partial charge in [0, 0.05) is 22.0 Å². The molecule has 1 aromatic heterocycles. The monoisotopic (exact) mass is 250 g/mol. The number of rotatable bonds is 3. The van der Waals surface area contributed by atoms with Gasteiger partial charge in [0.05, 0.1) is 0 Å². The number of aryl methyl sites for hydroxylation is 1. The van der Waals surface area contributed by atoms with Crippen LogP contribution in [-0.2, 0) is 0 Å². The van der Waals surface area contributed by atoms with E-state index in [-0.39, 0.29) is 0 Å². The van der Waals surface area contributed by atoms with Crippen molar-refractivity contribution >= 4 is 28.8 Å². The van der Waals surface area contributed by atoms with Crippen LogP contribution in [0, 0.1) is 6.92 Å². The fourth-order valence-electron chi connectivity index (χ4n) is 1.42. The van der Waals surface area contributed by atoms with Gasteiger partial charge in [-0.1, -0.05) is 23.9 Å². The lowest BCUT2D eigenvalue weighted by molar-refractivity contribution is 1.08. The molecule has 0 aliphatic rings. The molecule has 2 aromatic rings. The molecule has 2 nitrogen and oxygen atoms in total.